The van der Waals surface area contributed by atoms with E-state index >= 15 is 0 Å². The average molecular weight is 416 g/mol. The largest absolute Gasteiger partial charge is 0.354 e. The zero-order chi connectivity index (χ0) is 20.8. The van der Waals surface area contributed by atoms with E-state index in [0.29, 0.717) is 17.8 Å². The SMILES string of the molecule is N[C@H]1CCN(c2ccc(Nc3ncc4c5ccncc5n(C5CCCC5)c4n3)nn2)C1. The Bertz CT molecular complexity index is 1230. The van der Waals surface area contributed by atoms with E-state index in [9.17, 15) is 0 Å². The van der Waals surface area contributed by atoms with Crippen LogP contribution in [0.15, 0.2) is 36.8 Å². The van der Waals surface area contributed by atoms with Gasteiger partial charge in [0.2, 0.25) is 5.95 Å². The van der Waals surface area contributed by atoms with E-state index in [-0.39, 0.29) is 6.04 Å². The minimum absolute atomic E-state index is 0.210. The fraction of sp³-hybridized carbons (Fsp3) is 0.409. The second-order valence-corrected chi connectivity index (χ2v) is 8.53. The van der Waals surface area contributed by atoms with Gasteiger partial charge in [-0.2, -0.15) is 4.98 Å². The number of hydrogen-bond donors (Lipinski definition) is 2. The molecule has 1 atom stereocenters. The lowest BCUT2D eigenvalue weighted by atomic mass is 10.2. The van der Waals surface area contributed by atoms with Crippen molar-refractivity contribution >= 4 is 39.5 Å². The van der Waals surface area contributed by atoms with Crippen LogP contribution >= 0.6 is 0 Å². The fourth-order valence-electron chi connectivity index (χ4n) is 4.93. The molecule has 6 rings (SSSR count). The van der Waals surface area contributed by atoms with Gasteiger partial charge in [0.25, 0.3) is 0 Å². The lowest BCUT2D eigenvalue weighted by molar-refractivity contribution is 0.546. The molecule has 0 bridgehead atoms. The van der Waals surface area contributed by atoms with Crippen LogP contribution in [0.2, 0.25) is 0 Å². The van der Waals surface area contributed by atoms with Crippen molar-refractivity contribution in [2.24, 2.45) is 5.73 Å². The molecule has 4 aromatic rings. The van der Waals surface area contributed by atoms with Crippen molar-refractivity contribution in [1.82, 2.24) is 29.7 Å². The summed E-state index contributed by atoms with van der Waals surface area (Å²) in [5.74, 6) is 1.99. The topological polar surface area (TPSA) is 111 Å². The van der Waals surface area contributed by atoms with Gasteiger partial charge >= 0.3 is 0 Å². The zero-order valence-electron chi connectivity index (χ0n) is 17.3. The predicted molar refractivity (Wildman–Crippen MR) is 120 cm³/mol. The van der Waals surface area contributed by atoms with Crippen LogP contribution in [0.1, 0.15) is 38.1 Å². The molecule has 9 nitrogen and oxygen atoms in total. The molecule has 2 fully saturated rings. The predicted octanol–water partition coefficient (Wildman–Crippen LogP) is 3.17. The fourth-order valence-corrected chi connectivity index (χ4v) is 4.93. The van der Waals surface area contributed by atoms with E-state index in [0.717, 1.165) is 47.3 Å². The molecule has 0 unspecified atom stereocenters. The summed E-state index contributed by atoms with van der Waals surface area (Å²) in [7, 11) is 0. The Morgan fingerprint density at radius 3 is 2.68 bits per heavy atom. The highest BCUT2D eigenvalue weighted by Crippen LogP contribution is 2.37. The Labute approximate surface area is 179 Å². The van der Waals surface area contributed by atoms with Gasteiger partial charge in [-0.05, 0) is 37.5 Å². The van der Waals surface area contributed by atoms with Crippen LogP contribution in [-0.4, -0.2) is 48.8 Å². The molecule has 2 aliphatic rings. The maximum absolute atomic E-state index is 6.00. The molecule has 1 aliphatic carbocycles. The number of nitrogens with one attached hydrogen (secondary N) is 1. The number of aromatic nitrogens is 6. The lowest BCUT2D eigenvalue weighted by Gasteiger charge is -2.16. The molecule has 4 aromatic heterocycles. The van der Waals surface area contributed by atoms with Crippen molar-refractivity contribution < 1.29 is 0 Å². The first-order chi connectivity index (χ1) is 15.3. The Morgan fingerprint density at radius 2 is 1.90 bits per heavy atom. The van der Waals surface area contributed by atoms with Crippen molar-refractivity contribution in [3.05, 3.63) is 36.8 Å². The van der Waals surface area contributed by atoms with Crippen molar-refractivity contribution in [2.75, 3.05) is 23.3 Å². The molecule has 0 radical (unpaired) electrons. The molecule has 3 N–H and O–H groups in total. The van der Waals surface area contributed by atoms with Crippen LogP contribution in [0, 0.1) is 0 Å². The second kappa shape index (κ2) is 7.42. The van der Waals surface area contributed by atoms with E-state index in [2.05, 4.69) is 34.9 Å². The van der Waals surface area contributed by atoms with Crippen LogP contribution in [-0.2, 0) is 0 Å². The molecule has 0 spiro atoms. The normalized spacial score (nSPS) is 19.6. The smallest absolute Gasteiger partial charge is 0.230 e. The number of nitrogens with zero attached hydrogens (tertiary/aromatic N) is 7. The lowest BCUT2D eigenvalue weighted by Crippen LogP contribution is -2.27. The van der Waals surface area contributed by atoms with Gasteiger partial charge < -0.3 is 20.5 Å². The summed E-state index contributed by atoms with van der Waals surface area (Å²) < 4.78 is 2.35. The summed E-state index contributed by atoms with van der Waals surface area (Å²) >= 11 is 0. The van der Waals surface area contributed by atoms with Crippen LogP contribution in [0.25, 0.3) is 21.9 Å². The van der Waals surface area contributed by atoms with Crippen molar-refractivity contribution in [3.63, 3.8) is 0 Å². The standard InChI is InChI=1S/C22H25N9/c23-14-8-10-30(13-14)20-6-5-19(28-29-20)26-22-25-11-17-16-7-9-24-12-18(16)31(21(17)27-22)15-3-1-2-4-15/h5-7,9,11-12,14-15H,1-4,8,10,13,23H2,(H,25,26,27,28)/t14-/m0/s1. The van der Waals surface area contributed by atoms with E-state index < -0.39 is 0 Å². The van der Waals surface area contributed by atoms with Crippen LogP contribution in [0.4, 0.5) is 17.6 Å². The number of nitrogens with two attached hydrogens (primary N) is 1. The minimum atomic E-state index is 0.210. The molecule has 31 heavy (non-hydrogen) atoms. The Balaban J connectivity index is 1.33. The van der Waals surface area contributed by atoms with Crippen LogP contribution < -0.4 is 16.0 Å². The third kappa shape index (κ3) is 3.25. The van der Waals surface area contributed by atoms with Gasteiger partial charge in [-0.15, -0.1) is 10.2 Å². The van der Waals surface area contributed by atoms with E-state index in [1.165, 1.54) is 25.7 Å². The number of rotatable bonds is 4. The summed E-state index contributed by atoms with van der Waals surface area (Å²) in [4.78, 5) is 16.0. The van der Waals surface area contributed by atoms with Gasteiger partial charge in [0.1, 0.15) is 5.65 Å². The Kier molecular flexibility index (Phi) is 4.41. The van der Waals surface area contributed by atoms with Crippen LogP contribution in [0.3, 0.4) is 0 Å². The number of hydrogen-bond acceptors (Lipinski definition) is 8. The van der Waals surface area contributed by atoms with Gasteiger partial charge in [0.05, 0.1) is 11.7 Å². The maximum Gasteiger partial charge on any atom is 0.230 e. The highest BCUT2D eigenvalue weighted by atomic mass is 15.3. The number of pyridine rings is 1. The molecule has 1 saturated heterocycles. The maximum atomic E-state index is 6.00. The minimum Gasteiger partial charge on any atom is -0.354 e. The molecule has 1 aliphatic heterocycles. The quantitative estimate of drug-likeness (QED) is 0.523. The summed E-state index contributed by atoms with van der Waals surface area (Å²) in [6.45, 7) is 1.74. The highest BCUT2D eigenvalue weighted by molar-refractivity contribution is 6.06. The number of fused-ring (bicyclic) bond motifs is 3. The van der Waals surface area contributed by atoms with Crippen LogP contribution in [0.5, 0.6) is 0 Å². The summed E-state index contributed by atoms with van der Waals surface area (Å²) in [6, 6.07) is 6.59. The molecular weight excluding hydrogens is 390 g/mol. The molecule has 5 heterocycles. The Morgan fingerprint density at radius 1 is 1.00 bits per heavy atom. The molecule has 158 valence electrons. The first-order valence-electron chi connectivity index (χ1n) is 11.0. The molecule has 0 aromatic carbocycles. The first-order valence-corrected chi connectivity index (χ1v) is 11.0. The Hall–Kier alpha value is -3.33. The summed E-state index contributed by atoms with van der Waals surface area (Å²) in [5.41, 5.74) is 8.08. The monoisotopic (exact) mass is 415 g/mol. The van der Waals surface area contributed by atoms with E-state index in [4.69, 9.17) is 10.7 Å². The van der Waals surface area contributed by atoms with E-state index in [1.54, 1.807) is 0 Å². The molecule has 1 saturated carbocycles. The van der Waals surface area contributed by atoms with Gasteiger partial charge in [-0.1, -0.05) is 12.8 Å². The van der Waals surface area contributed by atoms with Gasteiger partial charge in [0.15, 0.2) is 11.6 Å². The van der Waals surface area contributed by atoms with Gasteiger partial charge in [0, 0.05) is 48.3 Å². The zero-order valence-corrected chi connectivity index (χ0v) is 17.3. The number of anilines is 3. The molecule has 9 heteroatoms. The van der Waals surface area contributed by atoms with Gasteiger partial charge in [-0.25, -0.2) is 4.98 Å². The van der Waals surface area contributed by atoms with Gasteiger partial charge in [-0.3, -0.25) is 4.98 Å². The summed E-state index contributed by atoms with van der Waals surface area (Å²) in [5, 5.41) is 14.1. The molecule has 0 amide bonds. The highest BCUT2D eigenvalue weighted by Gasteiger charge is 2.23. The van der Waals surface area contributed by atoms with Crippen molar-refractivity contribution in [3.8, 4) is 0 Å². The van der Waals surface area contributed by atoms with E-state index in [1.807, 2.05) is 36.8 Å². The third-order valence-electron chi connectivity index (χ3n) is 6.48. The molecular formula is C22H25N9. The second-order valence-electron chi connectivity index (χ2n) is 8.53. The third-order valence-corrected chi connectivity index (χ3v) is 6.48. The summed E-state index contributed by atoms with van der Waals surface area (Å²) in [6.07, 6.45) is 11.5. The first kappa shape index (κ1) is 18.4. The van der Waals surface area contributed by atoms with Crippen molar-refractivity contribution in [1.29, 1.82) is 0 Å². The average Bonchev–Trinajstić information content (AvgIpc) is 3.53. The van der Waals surface area contributed by atoms with Crippen molar-refractivity contribution in [2.45, 2.75) is 44.2 Å².